The van der Waals surface area contributed by atoms with Crippen LogP contribution < -0.4 is 9.47 Å². The molecule has 0 aromatic heterocycles. The molecule has 4 rings (SSSR count). The van der Waals surface area contributed by atoms with Gasteiger partial charge < -0.3 is 9.47 Å². The molecule has 1 atom stereocenters. The summed E-state index contributed by atoms with van der Waals surface area (Å²) in [5, 5.41) is 9.87. The number of nitrogens with zero attached hydrogens (tertiary/aromatic N) is 3. The molecule has 2 fully saturated rings. The number of para-hydroxylation sites is 2. The first kappa shape index (κ1) is 20.7. The van der Waals surface area contributed by atoms with Gasteiger partial charge in [-0.25, -0.2) is 0 Å². The molecule has 158 valence electrons. The maximum absolute atomic E-state index is 9.87. The van der Waals surface area contributed by atoms with Crippen LogP contribution in [-0.4, -0.2) is 49.1 Å². The molecular formula is C25H31N3O2. The molecule has 5 nitrogen and oxygen atoms in total. The van der Waals surface area contributed by atoms with Crippen molar-refractivity contribution in [3.63, 3.8) is 0 Å². The summed E-state index contributed by atoms with van der Waals surface area (Å²) in [5.74, 6) is 2.12. The standard InChI is InChI=1S/C25H31N3O2/c1-29-24-9-5-6-10-25(24)30-22-13-11-20(12-14-22)23(19-26)28-17-15-27(16-18-28)21-7-3-2-4-8-21/h5-6,9-14,21,23H,2-4,7-8,15-18H2,1H3. The molecule has 2 aromatic carbocycles. The Morgan fingerprint density at radius 2 is 1.57 bits per heavy atom. The average molecular weight is 406 g/mol. The highest BCUT2D eigenvalue weighted by atomic mass is 16.5. The van der Waals surface area contributed by atoms with Gasteiger partial charge in [-0.2, -0.15) is 5.26 Å². The first-order valence-corrected chi connectivity index (χ1v) is 11.1. The summed E-state index contributed by atoms with van der Waals surface area (Å²) in [5.41, 5.74) is 1.02. The molecule has 0 spiro atoms. The van der Waals surface area contributed by atoms with Crippen molar-refractivity contribution in [1.29, 1.82) is 5.26 Å². The van der Waals surface area contributed by atoms with E-state index < -0.39 is 0 Å². The van der Waals surface area contributed by atoms with Crippen molar-refractivity contribution >= 4 is 0 Å². The van der Waals surface area contributed by atoms with Crippen molar-refractivity contribution in [3.8, 4) is 23.3 Å². The van der Waals surface area contributed by atoms with E-state index in [2.05, 4.69) is 15.9 Å². The van der Waals surface area contributed by atoms with Crippen molar-refractivity contribution in [2.75, 3.05) is 33.3 Å². The van der Waals surface area contributed by atoms with E-state index in [1.54, 1.807) is 7.11 Å². The molecule has 1 unspecified atom stereocenters. The molecule has 5 heteroatoms. The van der Waals surface area contributed by atoms with Gasteiger partial charge in [-0.3, -0.25) is 9.80 Å². The van der Waals surface area contributed by atoms with Crippen LogP contribution in [0.25, 0.3) is 0 Å². The molecule has 1 saturated heterocycles. The van der Waals surface area contributed by atoms with Gasteiger partial charge in [0, 0.05) is 32.2 Å². The molecule has 1 heterocycles. The lowest BCUT2D eigenvalue weighted by atomic mass is 9.93. The van der Waals surface area contributed by atoms with Crippen LogP contribution in [0.2, 0.25) is 0 Å². The van der Waals surface area contributed by atoms with E-state index >= 15 is 0 Å². The van der Waals surface area contributed by atoms with E-state index in [9.17, 15) is 5.26 Å². The third kappa shape index (κ3) is 4.77. The molecule has 2 aliphatic rings. The maximum atomic E-state index is 9.87. The summed E-state index contributed by atoms with van der Waals surface area (Å²) in [4.78, 5) is 4.96. The number of nitriles is 1. The summed E-state index contributed by atoms with van der Waals surface area (Å²) >= 11 is 0. The highest BCUT2D eigenvalue weighted by molar-refractivity contribution is 5.43. The third-order valence-corrected chi connectivity index (χ3v) is 6.42. The molecule has 1 aliphatic carbocycles. The quantitative estimate of drug-likeness (QED) is 0.677. The molecule has 2 aromatic rings. The molecule has 30 heavy (non-hydrogen) atoms. The van der Waals surface area contributed by atoms with Crippen molar-refractivity contribution in [1.82, 2.24) is 9.80 Å². The van der Waals surface area contributed by atoms with Crippen LogP contribution in [0.15, 0.2) is 48.5 Å². The first-order valence-electron chi connectivity index (χ1n) is 11.1. The number of ether oxygens (including phenoxy) is 2. The summed E-state index contributed by atoms with van der Waals surface area (Å²) < 4.78 is 11.3. The SMILES string of the molecule is COc1ccccc1Oc1ccc(C(C#N)N2CCN(C3CCCCC3)CC2)cc1. The topological polar surface area (TPSA) is 48.7 Å². The molecular weight excluding hydrogens is 374 g/mol. The zero-order valence-corrected chi connectivity index (χ0v) is 17.8. The van der Waals surface area contributed by atoms with E-state index in [0.29, 0.717) is 11.5 Å². The van der Waals surface area contributed by atoms with E-state index in [1.165, 1.54) is 32.1 Å². The number of methoxy groups -OCH3 is 1. The molecule has 1 saturated carbocycles. The number of hydrogen-bond donors (Lipinski definition) is 0. The van der Waals surface area contributed by atoms with Crippen LogP contribution in [0.3, 0.4) is 0 Å². The fourth-order valence-electron chi connectivity index (χ4n) is 4.72. The monoisotopic (exact) mass is 405 g/mol. The minimum Gasteiger partial charge on any atom is -0.493 e. The molecule has 0 amide bonds. The van der Waals surface area contributed by atoms with Crippen LogP contribution in [0.4, 0.5) is 0 Å². The fourth-order valence-corrected chi connectivity index (χ4v) is 4.72. The average Bonchev–Trinajstić information content (AvgIpc) is 2.82. The Labute approximate surface area is 179 Å². The third-order valence-electron chi connectivity index (χ3n) is 6.42. The number of benzene rings is 2. The number of rotatable bonds is 6. The van der Waals surface area contributed by atoms with E-state index in [4.69, 9.17) is 9.47 Å². The predicted octanol–water partition coefficient (Wildman–Crippen LogP) is 5.00. The number of hydrogen-bond acceptors (Lipinski definition) is 5. The van der Waals surface area contributed by atoms with Gasteiger partial charge in [0.1, 0.15) is 11.8 Å². The van der Waals surface area contributed by atoms with Crippen LogP contribution in [-0.2, 0) is 0 Å². The lowest BCUT2D eigenvalue weighted by Gasteiger charge is -2.42. The highest BCUT2D eigenvalue weighted by Crippen LogP contribution is 2.32. The number of piperazine rings is 1. The maximum Gasteiger partial charge on any atom is 0.169 e. The largest absolute Gasteiger partial charge is 0.493 e. The Balaban J connectivity index is 1.37. The minimum atomic E-state index is -0.209. The van der Waals surface area contributed by atoms with Gasteiger partial charge in [0.2, 0.25) is 0 Å². The molecule has 0 bridgehead atoms. The van der Waals surface area contributed by atoms with Gasteiger partial charge in [0.05, 0.1) is 13.2 Å². The van der Waals surface area contributed by atoms with E-state index in [1.807, 2.05) is 48.5 Å². The second kappa shape index (κ2) is 9.97. The Hall–Kier alpha value is -2.55. The van der Waals surface area contributed by atoms with Crippen molar-refractivity contribution in [2.45, 2.75) is 44.2 Å². The second-order valence-corrected chi connectivity index (χ2v) is 8.22. The lowest BCUT2D eigenvalue weighted by molar-refractivity contribution is 0.0676. The van der Waals surface area contributed by atoms with E-state index in [0.717, 1.165) is 43.5 Å². The molecule has 1 aliphatic heterocycles. The Bertz CT molecular complexity index is 847. The van der Waals surface area contributed by atoms with Gasteiger partial charge in [-0.15, -0.1) is 0 Å². The normalized spacial score (nSPS) is 19.7. The van der Waals surface area contributed by atoms with Crippen LogP contribution >= 0.6 is 0 Å². The zero-order valence-electron chi connectivity index (χ0n) is 17.8. The van der Waals surface area contributed by atoms with Crippen LogP contribution in [0.5, 0.6) is 17.2 Å². The smallest absolute Gasteiger partial charge is 0.169 e. The van der Waals surface area contributed by atoms with E-state index in [-0.39, 0.29) is 6.04 Å². The molecule has 0 N–H and O–H groups in total. The van der Waals surface area contributed by atoms with Gasteiger partial charge in [-0.1, -0.05) is 43.5 Å². The highest BCUT2D eigenvalue weighted by Gasteiger charge is 2.29. The summed E-state index contributed by atoms with van der Waals surface area (Å²) in [6.07, 6.45) is 6.82. The van der Waals surface area contributed by atoms with Gasteiger partial charge in [-0.05, 0) is 42.7 Å². The minimum absolute atomic E-state index is 0.209. The van der Waals surface area contributed by atoms with Gasteiger partial charge in [0.15, 0.2) is 11.5 Å². The van der Waals surface area contributed by atoms with Gasteiger partial charge >= 0.3 is 0 Å². The lowest BCUT2D eigenvalue weighted by Crippen LogP contribution is -2.51. The van der Waals surface area contributed by atoms with Crippen molar-refractivity contribution in [2.24, 2.45) is 0 Å². The second-order valence-electron chi connectivity index (χ2n) is 8.22. The predicted molar refractivity (Wildman–Crippen MR) is 118 cm³/mol. The molecule has 0 radical (unpaired) electrons. The summed E-state index contributed by atoms with van der Waals surface area (Å²) in [7, 11) is 1.64. The zero-order chi connectivity index (χ0) is 20.8. The van der Waals surface area contributed by atoms with Gasteiger partial charge in [0.25, 0.3) is 0 Å². The Morgan fingerprint density at radius 1 is 0.900 bits per heavy atom. The van der Waals surface area contributed by atoms with Crippen LogP contribution in [0, 0.1) is 11.3 Å². The van der Waals surface area contributed by atoms with Crippen molar-refractivity contribution < 1.29 is 9.47 Å². The fraction of sp³-hybridized carbons (Fsp3) is 0.480. The summed E-state index contributed by atoms with van der Waals surface area (Å²) in [6.45, 7) is 4.04. The summed E-state index contributed by atoms with van der Waals surface area (Å²) in [6, 6.07) is 18.5. The Kier molecular flexibility index (Phi) is 6.88. The van der Waals surface area contributed by atoms with Crippen LogP contribution in [0.1, 0.15) is 43.7 Å². The first-order chi connectivity index (χ1) is 14.8. The van der Waals surface area contributed by atoms with Crippen molar-refractivity contribution in [3.05, 3.63) is 54.1 Å². The Morgan fingerprint density at radius 3 is 2.20 bits per heavy atom.